The van der Waals surface area contributed by atoms with E-state index in [9.17, 15) is 14.0 Å². The number of carbonyl (C=O) groups is 1. The number of aromatic amines is 1. The summed E-state index contributed by atoms with van der Waals surface area (Å²) >= 11 is 0. The Balaban J connectivity index is 1.88. The SMILES string of the molecule is Cc1cc(F)ccc1NC(=O)c1cnn(-c2ccc(=O)[nH]n2)c1C. The van der Waals surface area contributed by atoms with Gasteiger partial charge in [-0.05, 0) is 43.7 Å². The second-order valence-corrected chi connectivity index (χ2v) is 5.25. The average Bonchev–Trinajstić information content (AvgIpc) is 2.92. The van der Waals surface area contributed by atoms with Gasteiger partial charge in [0, 0.05) is 11.8 Å². The Morgan fingerprint density at radius 2 is 2.04 bits per heavy atom. The molecule has 2 aromatic heterocycles. The zero-order valence-corrected chi connectivity index (χ0v) is 13.0. The third-order valence-corrected chi connectivity index (χ3v) is 3.57. The lowest BCUT2D eigenvalue weighted by atomic mass is 10.1. The van der Waals surface area contributed by atoms with Gasteiger partial charge in [-0.15, -0.1) is 0 Å². The second-order valence-electron chi connectivity index (χ2n) is 5.25. The van der Waals surface area contributed by atoms with Crippen LogP contribution in [-0.2, 0) is 0 Å². The van der Waals surface area contributed by atoms with Gasteiger partial charge in [-0.2, -0.15) is 10.2 Å². The maximum Gasteiger partial charge on any atom is 0.264 e. The minimum Gasteiger partial charge on any atom is -0.322 e. The number of amides is 1. The van der Waals surface area contributed by atoms with Crippen LogP contribution < -0.4 is 10.9 Å². The van der Waals surface area contributed by atoms with Gasteiger partial charge in [0.15, 0.2) is 5.82 Å². The maximum atomic E-state index is 13.1. The van der Waals surface area contributed by atoms with Gasteiger partial charge in [-0.3, -0.25) is 9.59 Å². The van der Waals surface area contributed by atoms with E-state index in [1.54, 1.807) is 13.8 Å². The van der Waals surface area contributed by atoms with Crippen LogP contribution in [0.2, 0.25) is 0 Å². The summed E-state index contributed by atoms with van der Waals surface area (Å²) in [6, 6.07) is 6.96. The van der Waals surface area contributed by atoms with Crippen molar-refractivity contribution >= 4 is 11.6 Å². The minimum absolute atomic E-state index is 0.326. The average molecular weight is 327 g/mol. The molecule has 0 aliphatic carbocycles. The molecule has 1 aromatic carbocycles. The van der Waals surface area contributed by atoms with Crippen molar-refractivity contribution in [2.45, 2.75) is 13.8 Å². The van der Waals surface area contributed by atoms with Crippen LogP contribution in [0.15, 0.2) is 41.3 Å². The van der Waals surface area contributed by atoms with Gasteiger partial charge in [-0.25, -0.2) is 14.2 Å². The smallest absolute Gasteiger partial charge is 0.264 e. The van der Waals surface area contributed by atoms with Crippen LogP contribution >= 0.6 is 0 Å². The van der Waals surface area contributed by atoms with Crippen LogP contribution in [0.25, 0.3) is 5.82 Å². The predicted octanol–water partition coefficient (Wildman–Crippen LogP) is 1.96. The number of nitrogens with one attached hydrogen (secondary N) is 2. The highest BCUT2D eigenvalue weighted by atomic mass is 19.1. The van der Waals surface area contributed by atoms with E-state index in [0.717, 1.165) is 0 Å². The molecule has 0 saturated heterocycles. The highest BCUT2D eigenvalue weighted by Gasteiger charge is 2.16. The van der Waals surface area contributed by atoms with Crippen molar-refractivity contribution in [3.8, 4) is 5.82 Å². The molecule has 0 radical (unpaired) electrons. The molecule has 0 unspecified atom stereocenters. The summed E-state index contributed by atoms with van der Waals surface area (Å²) in [4.78, 5) is 23.5. The number of benzene rings is 1. The Hall–Kier alpha value is -3.29. The summed E-state index contributed by atoms with van der Waals surface area (Å²) in [5.74, 6) is -0.333. The third kappa shape index (κ3) is 2.94. The number of hydrogen-bond acceptors (Lipinski definition) is 4. The van der Waals surface area contributed by atoms with Crippen molar-refractivity contribution in [2.75, 3.05) is 5.32 Å². The molecular weight excluding hydrogens is 313 g/mol. The van der Waals surface area contributed by atoms with Crippen molar-refractivity contribution in [1.82, 2.24) is 20.0 Å². The summed E-state index contributed by atoms with van der Waals surface area (Å²) in [5, 5.41) is 13.1. The molecule has 2 N–H and O–H groups in total. The first kappa shape index (κ1) is 15.6. The monoisotopic (exact) mass is 327 g/mol. The van der Waals surface area contributed by atoms with Crippen LogP contribution in [0.1, 0.15) is 21.6 Å². The fourth-order valence-electron chi connectivity index (χ4n) is 2.28. The molecule has 0 fully saturated rings. The van der Waals surface area contributed by atoms with E-state index < -0.39 is 0 Å². The maximum absolute atomic E-state index is 13.1. The molecule has 0 bridgehead atoms. The van der Waals surface area contributed by atoms with Gasteiger partial charge in [0.1, 0.15) is 5.82 Å². The highest BCUT2D eigenvalue weighted by molar-refractivity contribution is 6.05. The first-order valence-electron chi connectivity index (χ1n) is 7.14. The third-order valence-electron chi connectivity index (χ3n) is 3.57. The highest BCUT2D eigenvalue weighted by Crippen LogP contribution is 2.18. The summed E-state index contributed by atoms with van der Waals surface area (Å²) < 4.78 is 14.6. The first-order valence-corrected chi connectivity index (χ1v) is 7.14. The van der Waals surface area contributed by atoms with Gasteiger partial charge in [-0.1, -0.05) is 0 Å². The fourth-order valence-corrected chi connectivity index (χ4v) is 2.28. The summed E-state index contributed by atoms with van der Waals surface area (Å²) in [6.45, 7) is 3.42. The van der Waals surface area contributed by atoms with Crippen molar-refractivity contribution in [1.29, 1.82) is 0 Å². The Morgan fingerprint density at radius 3 is 2.71 bits per heavy atom. The number of aromatic nitrogens is 4. The second kappa shape index (κ2) is 6.07. The normalized spacial score (nSPS) is 10.6. The van der Waals surface area contributed by atoms with E-state index in [1.165, 1.54) is 41.2 Å². The van der Waals surface area contributed by atoms with E-state index in [-0.39, 0.29) is 17.3 Å². The van der Waals surface area contributed by atoms with E-state index in [2.05, 4.69) is 20.6 Å². The molecule has 24 heavy (non-hydrogen) atoms. The molecule has 122 valence electrons. The van der Waals surface area contributed by atoms with Gasteiger partial charge in [0.2, 0.25) is 0 Å². The van der Waals surface area contributed by atoms with E-state index in [4.69, 9.17) is 0 Å². The number of hydrogen-bond donors (Lipinski definition) is 2. The summed E-state index contributed by atoms with van der Waals surface area (Å²) in [6.07, 6.45) is 1.41. The Kier molecular flexibility index (Phi) is 3.95. The van der Waals surface area contributed by atoms with E-state index >= 15 is 0 Å². The number of anilines is 1. The molecule has 0 atom stereocenters. The van der Waals surface area contributed by atoms with Gasteiger partial charge in [0.05, 0.1) is 17.5 Å². The van der Waals surface area contributed by atoms with Crippen LogP contribution in [0, 0.1) is 19.7 Å². The van der Waals surface area contributed by atoms with E-state index in [1.807, 2.05) is 0 Å². The standard InChI is InChI=1S/C16H14FN5O2/c1-9-7-11(17)3-4-13(9)19-16(24)12-8-18-22(10(12)2)14-5-6-15(23)21-20-14/h3-8H,1-2H3,(H,19,24)(H,21,23). The molecule has 3 aromatic rings. The largest absolute Gasteiger partial charge is 0.322 e. The van der Waals surface area contributed by atoms with Crippen molar-refractivity contribution in [3.05, 3.63) is 69.5 Å². The predicted molar refractivity (Wildman–Crippen MR) is 85.8 cm³/mol. The Morgan fingerprint density at radius 1 is 1.25 bits per heavy atom. The number of rotatable bonds is 3. The molecule has 0 aliphatic rings. The van der Waals surface area contributed by atoms with Gasteiger partial charge in [0.25, 0.3) is 11.5 Å². The van der Waals surface area contributed by atoms with Crippen molar-refractivity contribution in [2.24, 2.45) is 0 Å². The lowest BCUT2D eigenvalue weighted by Gasteiger charge is -2.08. The Bertz CT molecular complexity index is 956. The van der Waals surface area contributed by atoms with Gasteiger partial charge < -0.3 is 5.32 Å². The van der Waals surface area contributed by atoms with Crippen molar-refractivity contribution in [3.63, 3.8) is 0 Å². The molecule has 7 nitrogen and oxygen atoms in total. The number of aryl methyl sites for hydroxylation is 1. The molecule has 8 heteroatoms. The number of nitrogens with zero attached hydrogens (tertiary/aromatic N) is 3. The number of carbonyl (C=O) groups excluding carboxylic acids is 1. The molecule has 2 heterocycles. The quantitative estimate of drug-likeness (QED) is 0.769. The number of halogens is 1. The van der Waals surface area contributed by atoms with Crippen molar-refractivity contribution < 1.29 is 9.18 Å². The molecule has 3 rings (SSSR count). The molecule has 0 aliphatic heterocycles. The lowest BCUT2D eigenvalue weighted by Crippen LogP contribution is -2.15. The van der Waals surface area contributed by atoms with Gasteiger partial charge >= 0.3 is 0 Å². The topological polar surface area (TPSA) is 92.7 Å². The zero-order valence-electron chi connectivity index (χ0n) is 13.0. The molecular formula is C16H14FN5O2. The fraction of sp³-hybridized carbons (Fsp3) is 0.125. The zero-order chi connectivity index (χ0) is 17.3. The van der Waals surface area contributed by atoms with Crippen LogP contribution in [0.5, 0.6) is 0 Å². The van der Waals surface area contributed by atoms with Crippen LogP contribution in [-0.4, -0.2) is 25.9 Å². The first-order chi connectivity index (χ1) is 11.5. The molecule has 0 saturated carbocycles. The summed E-state index contributed by atoms with van der Waals surface area (Å²) in [7, 11) is 0. The van der Waals surface area contributed by atoms with E-state index in [0.29, 0.717) is 28.3 Å². The molecule has 0 spiro atoms. The lowest BCUT2D eigenvalue weighted by molar-refractivity contribution is 0.102. The van der Waals surface area contributed by atoms with Crippen LogP contribution in [0.4, 0.5) is 10.1 Å². The van der Waals surface area contributed by atoms with Crippen LogP contribution in [0.3, 0.4) is 0 Å². The molecule has 1 amide bonds. The number of H-pyrrole nitrogens is 1. The Labute approximate surface area is 136 Å². The summed E-state index contributed by atoms with van der Waals surface area (Å²) in [5.41, 5.74) is 1.73. The minimum atomic E-state index is -0.363.